The second-order valence-corrected chi connectivity index (χ2v) is 7.15. The van der Waals surface area contributed by atoms with E-state index in [9.17, 15) is 0 Å². The van der Waals surface area contributed by atoms with Crippen molar-refractivity contribution in [2.45, 2.75) is 103 Å². The molecule has 0 spiro atoms. The van der Waals surface area contributed by atoms with Crippen LogP contribution in [0.5, 0.6) is 0 Å². The van der Waals surface area contributed by atoms with Gasteiger partial charge in [-0.3, -0.25) is 0 Å². The molecule has 0 atom stereocenters. The lowest BCUT2D eigenvalue weighted by Crippen LogP contribution is -1.83. The molecule has 1 rings (SSSR count). The van der Waals surface area contributed by atoms with E-state index in [0.717, 1.165) is 0 Å². The van der Waals surface area contributed by atoms with Crippen molar-refractivity contribution in [1.82, 2.24) is 0 Å². The minimum Gasteiger partial charge on any atom is -0.0845 e. The third-order valence-corrected chi connectivity index (χ3v) is 4.82. The van der Waals surface area contributed by atoms with Crippen LogP contribution in [-0.2, 0) is 0 Å². The quantitative estimate of drug-likeness (QED) is 0.418. The average Bonchev–Trinajstić information content (AvgIpc) is 2.59. The second-order valence-electron chi connectivity index (χ2n) is 7.15. The van der Waals surface area contributed by atoms with E-state index < -0.39 is 0 Å². The summed E-state index contributed by atoms with van der Waals surface area (Å²) in [7, 11) is 0. The average molecular weight is 329 g/mol. The molecule has 0 aromatic heterocycles. The van der Waals surface area contributed by atoms with Crippen molar-refractivity contribution in [3.63, 3.8) is 0 Å². The van der Waals surface area contributed by atoms with E-state index in [-0.39, 0.29) is 0 Å². The number of hydrogen-bond acceptors (Lipinski definition) is 0. The van der Waals surface area contributed by atoms with Crippen LogP contribution < -0.4 is 0 Å². The highest BCUT2D eigenvalue weighted by Gasteiger charge is 1.94. The zero-order valence-electron chi connectivity index (χ0n) is 15.9. The van der Waals surface area contributed by atoms with Crippen molar-refractivity contribution < 1.29 is 0 Å². The van der Waals surface area contributed by atoms with Crippen molar-refractivity contribution in [1.29, 1.82) is 0 Å². The fourth-order valence-corrected chi connectivity index (χ4v) is 3.25. The third kappa shape index (κ3) is 15.8. The first-order valence-electron chi connectivity index (χ1n) is 10.6. The van der Waals surface area contributed by atoms with Crippen LogP contribution in [0.3, 0.4) is 0 Å². The van der Waals surface area contributed by atoms with Crippen molar-refractivity contribution in [2.24, 2.45) is 0 Å². The predicted octanol–water partition coefficient (Wildman–Crippen LogP) is 8.47. The first-order valence-corrected chi connectivity index (χ1v) is 10.6. The molecule has 1 aliphatic carbocycles. The van der Waals surface area contributed by atoms with Gasteiger partial charge in [-0.05, 0) is 25.7 Å². The molecule has 0 nitrogen and oxygen atoms in total. The summed E-state index contributed by atoms with van der Waals surface area (Å²) in [6, 6.07) is 0. The summed E-state index contributed by atoms with van der Waals surface area (Å²) in [6.45, 7) is 0. The van der Waals surface area contributed by atoms with Crippen LogP contribution in [-0.4, -0.2) is 0 Å². The molecule has 136 valence electrons. The number of allylic oxidation sites excluding steroid dienone is 8. The molecule has 1 aliphatic rings. The first kappa shape index (κ1) is 21.0. The van der Waals surface area contributed by atoms with Gasteiger partial charge in [0, 0.05) is 0 Å². The lowest BCUT2D eigenvalue weighted by atomic mass is 10.0. The van der Waals surface area contributed by atoms with Gasteiger partial charge in [0.25, 0.3) is 0 Å². The van der Waals surface area contributed by atoms with E-state index >= 15 is 0 Å². The van der Waals surface area contributed by atoms with Gasteiger partial charge in [0.1, 0.15) is 0 Å². The van der Waals surface area contributed by atoms with Crippen LogP contribution in [0.25, 0.3) is 0 Å². The summed E-state index contributed by atoms with van der Waals surface area (Å²) in [5.74, 6) is 0. The molecule has 0 heteroatoms. The normalized spacial score (nSPS) is 25.3. The Bertz CT molecular complexity index is 320. The maximum Gasteiger partial charge on any atom is -0.0348 e. The van der Waals surface area contributed by atoms with Crippen LogP contribution in [0.15, 0.2) is 48.6 Å². The molecular formula is C24H40. The summed E-state index contributed by atoms with van der Waals surface area (Å²) >= 11 is 0. The fraction of sp³-hybridized carbons (Fsp3) is 0.667. The molecule has 0 radical (unpaired) electrons. The first-order chi connectivity index (χ1) is 12.0. The summed E-state index contributed by atoms with van der Waals surface area (Å²) in [5, 5.41) is 0. The standard InChI is InChI=1S/C24H40/c1-2-4-6-8-10-12-14-16-18-20-22-24-23-21-19-17-15-13-11-9-7-5-3-1/h1-8H,9-24H2/b3-1-,4-2+,7-5?,8-6+. The van der Waals surface area contributed by atoms with Crippen molar-refractivity contribution in [3.05, 3.63) is 48.6 Å². The minimum atomic E-state index is 1.23. The van der Waals surface area contributed by atoms with Crippen LogP contribution in [0, 0.1) is 0 Å². The van der Waals surface area contributed by atoms with Crippen LogP contribution in [0.2, 0.25) is 0 Å². The number of rotatable bonds is 0. The van der Waals surface area contributed by atoms with E-state index in [1.807, 2.05) is 0 Å². The molecule has 0 aromatic carbocycles. The molecule has 0 fully saturated rings. The molecule has 0 unspecified atom stereocenters. The summed E-state index contributed by atoms with van der Waals surface area (Å²) in [6.07, 6.45) is 40.0. The van der Waals surface area contributed by atoms with Gasteiger partial charge >= 0.3 is 0 Å². The van der Waals surface area contributed by atoms with Gasteiger partial charge in [0.05, 0.1) is 0 Å². The maximum atomic E-state index is 2.30. The lowest BCUT2D eigenvalue weighted by Gasteiger charge is -2.03. The van der Waals surface area contributed by atoms with Gasteiger partial charge in [-0.2, -0.15) is 0 Å². The largest absolute Gasteiger partial charge is 0.0845 e. The molecule has 0 saturated heterocycles. The van der Waals surface area contributed by atoms with E-state index in [0.29, 0.717) is 0 Å². The van der Waals surface area contributed by atoms with Gasteiger partial charge in [-0.1, -0.05) is 126 Å². The molecule has 0 saturated carbocycles. The van der Waals surface area contributed by atoms with E-state index in [1.165, 1.54) is 103 Å². The maximum absolute atomic E-state index is 2.30. The van der Waals surface area contributed by atoms with Crippen molar-refractivity contribution in [3.8, 4) is 0 Å². The third-order valence-electron chi connectivity index (χ3n) is 4.82. The highest BCUT2D eigenvalue weighted by Crippen LogP contribution is 2.14. The Hall–Kier alpha value is -1.04. The second kappa shape index (κ2) is 18.3. The molecule has 0 heterocycles. The number of hydrogen-bond donors (Lipinski definition) is 0. The Morgan fingerprint density at radius 1 is 0.250 bits per heavy atom. The Labute approximate surface area is 151 Å². The summed E-state index contributed by atoms with van der Waals surface area (Å²) in [4.78, 5) is 0. The van der Waals surface area contributed by atoms with Gasteiger partial charge in [-0.25, -0.2) is 0 Å². The Morgan fingerprint density at radius 3 is 0.833 bits per heavy atom. The Balaban J connectivity index is 2.20. The Kier molecular flexibility index (Phi) is 16.0. The van der Waals surface area contributed by atoms with Gasteiger partial charge < -0.3 is 0 Å². The van der Waals surface area contributed by atoms with E-state index in [2.05, 4.69) is 48.6 Å². The highest BCUT2D eigenvalue weighted by molar-refractivity contribution is 5.15. The molecule has 0 bridgehead atoms. The minimum absolute atomic E-state index is 1.23. The van der Waals surface area contributed by atoms with Crippen molar-refractivity contribution >= 4 is 0 Å². The van der Waals surface area contributed by atoms with Gasteiger partial charge in [-0.15, -0.1) is 0 Å². The predicted molar refractivity (Wildman–Crippen MR) is 110 cm³/mol. The lowest BCUT2D eigenvalue weighted by molar-refractivity contribution is 0.534. The molecule has 0 aromatic rings. The Morgan fingerprint density at radius 2 is 0.500 bits per heavy atom. The van der Waals surface area contributed by atoms with Crippen LogP contribution in [0.4, 0.5) is 0 Å². The highest BCUT2D eigenvalue weighted by atomic mass is 14.0. The smallest absolute Gasteiger partial charge is 0.0348 e. The fourth-order valence-electron chi connectivity index (χ4n) is 3.25. The van der Waals surface area contributed by atoms with Gasteiger partial charge in [0.2, 0.25) is 0 Å². The SMILES string of the molecule is C1=CCCCCCCCCCCCCCCCC/C=C/C=C/C=C\1. The van der Waals surface area contributed by atoms with E-state index in [1.54, 1.807) is 0 Å². The van der Waals surface area contributed by atoms with Crippen LogP contribution >= 0.6 is 0 Å². The summed E-state index contributed by atoms with van der Waals surface area (Å²) < 4.78 is 0. The molecule has 24 heavy (non-hydrogen) atoms. The topological polar surface area (TPSA) is 0 Å². The molecule has 0 amide bonds. The molecule has 0 aliphatic heterocycles. The molecule has 0 N–H and O–H groups in total. The zero-order chi connectivity index (χ0) is 17.0. The molecular weight excluding hydrogens is 288 g/mol. The summed E-state index contributed by atoms with van der Waals surface area (Å²) in [5.41, 5.74) is 0. The van der Waals surface area contributed by atoms with Crippen molar-refractivity contribution in [2.75, 3.05) is 0 Å². The monoisotopic (exact) mass is 328 g/mol. The van der Waals surface area contributed by atoms with E-state index in [4.69, 9.17) is 0 Å². The zero-order valence-corrected chi connectivity index (χ0v) is 15.9. The van der Waals surface area contributed by atoms with Gasteiger partial charge in [0.15, 0.2) is 0 Å². The van der Waals surface area contributed by atoms with Crippen LogP contribution in [0.1, 0.15) is 103 Å².